The van der Waals surface area contributed by atoms with Gasteiger partial charge in [-0.3, -0.25) is 14.9 Å². The van der Waals surface area contributed by atoms with Crippen LogP contribution in [0.1, 0.15) is 11.1 Å². The van der Waals surface area contributed by atoms with Crippen LogP contribution in [0.4, 0.5) is 24.5 Å². The van der Waals surface area contributed by atoms with E-state index in [-0.39, 0.29) is 21.4 Å². The molecule has 0 saturated carbocycles. The second kappa shape index (κ2) is 7.23. The molecule has 0 aliphatic carbocycles. The molecule has 0 unspecified atom stereocenters. The number of nitrogens with one attached hydrogen (secondary N) is 1. The second-order valence-corrected chi connectivity index (χ2v) is 6.38. The minimum absolute atomic E-state index is 0.00613. The molecule has 1 aliphatic rings. The maximum atomic E-state index is 13.0. The third kappa shape index (κ3) is 4.34. The lowest BCUT2D eigenvalue weighted by Gasteiger charge is -2.09. The monoisotopic (exact) mass is 393 g/mol. The van der Waals surface area contributed by atoms with Crippen LogP contribution in [-0.4, -0.2) is 16.0 Å². The van der Waals surface area contributed by atoms with Crippen molar-refractivity contribution in [3.05, 3.63) is 74.7 Å². The Labute approximate surface area is 154 Å². The summed E-state index contributed by atoms with van der Waals surface area (Å²) in [6.45, 7) is 0. The standard InChI is InChI=1S/C17H10F3N3O3S/c18-17(19,20)12-6-1-2-7-13(12)21-16-22-15(24)14(27-16)9-10-4-3-5-11(8-10)23(25)26/h1-9H,(H,21,22,24)/b14-9+. The molecule has 1 N–H and O–H groups in total. The van der Waals surface area contributed by atoms with Gasteiger partial charge in [-0.25, -0.2) is 4.99 Å². The first-order valence-electron chi connectivity index (χ1n) is 7.44. The first-order chi connectivity index (χ1) is 12.7. The van der Waals surface area contributed by atoms with Crippen LogP contribution in [0.5, 0.6) is 0 Å². The summed E-state index contributed by atoms with van der Waals surface area (Å²) in [6.07, 6.45) is -3.17. The lowest BCUT2D eigenvalue weighted by atomic mass is 10.2. The number of thioether (sulfide) groups is 1. The number of benzene rings is 2. The van der Waals surface area contributed by atoms with E-state index in [4.69, 9.17) is 0 Å². The molecule has 0 bridgehead atoms. The summed E-state index contributed by atoms with van der Waals surface area (Å²) < 4.78 is 39.1. The Morgan fingerprint density at radius 1 is 1.15 bits per heavy atom. The predicted molar refractivity (Wildman–Crippen MR) is 95.3 cm³/mol. The van der Waals surface area contributed by atoms with Crippen LogP contribution in [0.15, 0.2) is 58.4 Å². The van der Waals surface area contributed by atoms with Crippen molar-refractivity contribution >= 4 is 40.3 Å². The Hall–Kier alpha value is -3.14. The number of nitrogens with zero attached hydrogens (tertiary/aromatic N) is 2. The van der Waals surface area contributed by atoms with Gasteiger partial charge in [0.05, 0.1) is 21.1 Å². The van der Waals surface area contributed by atoms with Crippen molar-refractivity contribution in [1.82, 2.24) is 5.32 Å². The number of amides is 1. The van der Waals surface area contributed by atoms with Gasteiger partial charge in [0.1, 0.15) is 0 Å². The number of carbonyl (C=O) groups excluding carboxylic acids is 1. The molecule has 27 heavy (non-hydrogen) atoms. The van der Waals surface area contributed by atoms with Gasteiger partial charge in [0.15, 0.2) is 5.17 Å². The highest BCUT2D eigenvalue weighted by molar-refractivity contribution is 8.18. The number of aliphatic imine (C=N–C) groups is 1. The molecule has 0 spiro atoms. The lowest BCUT2D eigenvalue weighted by molar-refractivity contribution is -0.384. The number of alkyl halides is 3. The highest BCUT2D eigenvalue weighted by atomic mass is 32.2. The summed E-state index contributed by atoms with van der Waals surface area (Å²) in [5, 5.41) is 13.2. The third-order valence-electron chi connectivity index (χ3n) is 3.46. The highest BCUT2D eigenvalue weighted by Crippen LogP contribution is 2.37. The molecule has 1 fully saturated rings. The molecule has 1 heterocycles. The molecule has 2 aromatic carbocycles. The average molecular weight is 393 g/mol. The summed E-state index contributed by atoms with van der Waals surface area (Å²) in [7, 11) is 0. The number of nitro benzene ring substituents is 1. The molecular formula is C17H10F3N3O3S. The first-order valence-corrected chi connectivity index (χ1v) is 8.26. The van der Waals surface area contributed by atoms with E-state index < -0.39 is 22.6 Å². The molecule has 10 heteroatoms. The number of non-ortho nitro benzene ring substituents is 1. The molecule has 1 aliphatic heterocycles. The Balaban J connectivity index is 1.89. The van der Waals surface area contributed by atoms with Crippen molar-refractivity contribution in [3.63, 3.8) is 0 Å². The van der Waals surface area contributed by atoms with Crippen LogP contribution in [0, 0.1) is 10.1 Å². The molecule has 6 nitrogen and oxygen atoms in total. The van der Waals surface area contributed by atoms with Crippen molar-refractivity contribution in [2.75, 3.05) is 0 Å². The fraction of sp³-hybridized carbons (Fsp3) is 0.0588. The van der Waals surface area contributed by atoms with Crippen molar-refractivity contribution in [2.45, 2.75) is 6.18 Å². The number of hydrogen-bond acceptors (Lipinski definition) is 5. The number of halogens is 3. The SMILES string of the molecule is O=C1NC(=Nc2ccccc2C(F)(F)F)S/C1=C/c1cccc([N+](=O)[O-])c1. The van der Waals surface area contributed by atoms with Crippen molar-refractivity contribution in [2.24, 2.45) is 4.99 Å². The van der Waals surface area contributed by atoms with Crippen LogP contribution in [0.25, 0.3) is 6.08 Å². The molecular weight excluding hydrogens is 383 g/mol. The van der Waals surface area contributed by atoms with E-state index in [0.29, 0.717) is 5.56 Å². The van der Waals surface area contributed by atoms with Gasteiger partial charge in [-0.2, -0.15) is 13.2 Å². The molecule has 138 valence electrons. The quantitative estimate of drug-likeness (QED) is 0.473. The van der Waals surface area contributed by atoms with Crippen LogP contribution in [0.3, 0.4) is 0 Å². The highest BCUT2D eigenvalue weighted by Gasteiger charge is 2.34. The molecule has 0 aromatic heterocycles. The van der Waals surface area contributed by atoms with Crippen LogP contribution in [-0.2, 0) is 11.0 Å². The van der Waals surface area contributed by atoms with Crippen LogP contribution in [0.2, 0.25) is 0 Å². The van der Waals surface area contributed by atoms with Gasteiger partial charge in [0.25, 0.3) is 11.6 Å². The fourth-order valence-electron chi connectivity index (χ4n) is 2.28. The predicted octanol–water partition coefficient (Wildman–Crippen LogP) is 4.51. The van der Waals surface area contributed by atoms with Gasteiger partial charge in [-0.05, 0) is 35.5 Å². The molecule has 3 rings (SSSR count). The number of para-hydroxylation sites is 1. The van der Waals surface area contributed by atoms with E-state index in [2.05, 4.69) is 10.3 Å². The van der Waals surface area contributed by atoms with Crippen LogP contribution >= 0.6 is 11.8 Å². The Bertz CT molecular complexity index is 987. The van der Waals surface area contributed by atoms with E-state index in [0.717, 1.165) is 17.8 Å². The smallest absolute Gasteiger partial charge is 0.300 e. The van der Waals surface area contributed by atoms with E-state index in [1.807, 2.05) is 0 Å². The van der Waals surface area contributed by atoms with Gasteiger partial charge >= 0.3 is 6.18 Å². The molecule has 0 atom stereocenters. The number of amidine groups is 1. The van der Waals surface area contributed by atoms with Crippen molar-refractivity contribution in [3.8, 4) is 0 Å². The normalized spacial score (nSPS) is 17.4. The summed E-state index contributed by atoms with van der Waals surface area (Å²) in [5.41, 5.74) is -0.951. The third-order valence-corrected chi connectivity index (χ3v) is 4.37. The van der Waals surface area contributed by atoms with E-state index in [9.17, 15) is 28.1 Å². The minimum atomic E-state index is -4.57. The number of rotatable bonds is 3. The molecule has 0 radical (unpaired) electrons. The fourth-order valence-corrected chi connectivity index (χ4v) is 3.12. The summed E-state index contributed by atoms with van der Waals surface area (Å²) in [5.74, 6) is -0.547. The maximum Gasteiger partial charge on any atom is 0.418 e. The summed E-state index contributed by atoms with van der Waals surface area (Å²) >= 11 is 0.855. The largest absolute Gasteiger partial charge is 0.418 e. The average Bonchev–Trinajstić information content (AvgIpc) is 2.94. The van der Waals surface area contributed by atoms with E-state index >= 15 is 0 Å². The Morgan fingerprint density at radius 2 is 1.89 bits per heavy atom. The van der Waals surface area contributed by atoms with Gasteiger partial charge in [-0.1, -0.05) is 24.3 Å². The van der Waals surface area contributed by atoms with Crippen molar-refractivity contribution in [1.29, 1.82) is 0 Å². The first kappa shape index (κ1) is 18.6. The zero-order valence-electron chi connectivity index (χ0n) is 13.4. The summed E-state index contributed by atoms with van der Waals surface area (Å²) in [6, 6.07) is 10.4. The maximum absolute atomic E-state index is 13.0. The van der Waals surface area contributed by atoms with Crippen LogP contribution < -0.4 is 5.32 Å². The zero-order chi connectivity index (χ0) is 19.6. The van der Waals surface area contributed by atoms with Gasteiger partial charge in [-0.15, -0.1) is 0 Å². The zero-order valence-corrected chi connectivity index (χ0v) is 14.2. The van der Waals surface area contributed by atoms with Crippen molar-refractivity contribution < 1.29 is 22.9 Å². The Kier molecular flexibility index (Phi) is 5.00. The Morgan fingerprint density at radius 3 is 2.59 bits per heavy atom. The molecule has 1 saturated heterocycles. The summed E-state index contributed by atoms with van der Waals surface area (Å²) in [4.78, 5) is 26.3. The lowest BCUT2D eigenvalue weighted by Crippen LogP contribution is -2.19. The number of nitro groups is 1. The van der Waals surface area contributed by atoms with Gasteiger partial charge < -0.3 is 5.32 Å². The second-order valence-electron chi connectivity index (χ2n) is 5.35. The van der Waals surface area contributed by atoms with E-state index in [1.54, 1.807) is 6.07 Å². The molecule has 2 aromatic rings. The van der Waals surface area contributed by atoms with Gasteiger partial charge in [0, 0.05) is 12.1 Å². The topological polar surface area (TPSA) is 84.6 Å². The molecule has 1 amide bonds. The number of hydrogen-bond donors (Lipinski definition) is 1. The van der Waals surface area contributed by atoms with Gasteiger partial charge in [0.2, 0.25) is 0 Å². The number of carbonyl (C=O) groups is 1. The van der Waals surface area contributed by atoms with E-state index in [1.165, 1.54) is 42.5 Å². The minimum Gasteiger partial charge on any atom is -0.300 e.